The van der Waals surface area contributed by atoms with Crippen LogP contribution in [-0.2, 0) is 0 Å². The molecule has 1 atom stereocenters. The van der Waals surface area contributed by atoms with Crippen LogP contribution in [0.4, 0.5) is 5.82 Å². The monoisotopic (exact) mass is 290 g/mol. The van der Waals surface area contributed by atoms with E-state index in [-0.39, 0.29) is 5.28 Å². The highest BCUT2D eigenvalue weighted by Crippen LogP contribution is 2.35. The van der Waals surface area contributed by atoms with Crippen molar-refractivity contribution in [2.24, 2.45) is 0 Å². The zero-order chi connectivity index (χ0) is 13.9. The van der Waals surface area contributed by atoms with Crippen LogP contribution < -0.4 is 10.6 Å². The second-order valence-electron chi connectivity index (χ2n) is 4.64. The Kier molecular flexibility index (Phi) is 3.75. The molecule has 0 aliphatic carbocycles. The van der Waals surface area contributed by atoms with Crippen LogP contribution in [0.15, 0.2) is 18.6 Å². The lowest BCUT2D eigenvalue weighted by atomic mass is 9.95. The highest BCUT2D eigenvalue weighted by atomic mass is 35.5. The van der Waals surface area contributed by atoms with Crippen LogP contribution in [-0.4, -0.2) is 40.1 Å². The van der Waals surface area contributed by atoms with E-state index in [9.17, 15) is 0 Å². The first-order valence-electron chi connectivity index (χ1n) is 6.52. The maximum atomic E-state index is 6.04. The second-order valence-corrected chi connectivity index (χ2v) is 4.98. The fourth-order valence-electron chi connectivity index (χ4n) is 2.55. The van der Waals surface area contributed by atoms with E-state index >= 15 is 0 Å². The van der Waals surface area contributed by atoms with Gasteiger partial charge in [0.1, 0.15) is 12.1 Å². The van der Waals surface area contributed by atoms with Crippen LogP contribution in [0.5, 0.6) is 0 Å². The molecule has 1 aliphatic heterocycles. The van der Waals surface area contributed by atoms with E-state index in [1.165, 1.54) is 6.33 Å². The molecule has 1 aliphatic rings. The minimum atomic E-state index is 0.220. The van der Waals surface area contributed by atoms with Crippen molar-refractivity contribution in [2.45, 2.75) is 12.3 Å². The van der Waals surface area contributed by atoms with E-state index in [1.807, 2.05) is 13.1 Å². The van der Waals surface area contributed by atoms with Gasteiger partial charge in [-0.3, -0.25) is 0 Å². The minimum absolute atomic E-state index is 0.220. The van der Waals surface area contributed by atoms with Crippen molar-refractivity contribution in [3.05, 3.63) is 29.4 Å². The van der Waals surface area contributed by atoms with Crippen LogP contribution >= 0.6 is 11.6 Å². The molecule has 0 aromatic carbocycles. The third kappa shape index (κ3) is 2.44. The Morgan fingerprint density at radius 3 is 2.95 bits per heavy atom. The summed E-state index contributed by atoms with van der Waals surface area (Å²) in [5, 5.41) is 6.70. The fourth-order valence-corrected chi connectivity index (χ4v) is 2.72. The summed E-state index contributed by atoms with van der Waals surface area (Å²) in [7, 11) is 1.84. The minimum Gasteiger partial charge on any atom is -0.373 e. The Labute approximate surface area is 122 Å². The van der Waals surface area contributed by atoms with E-state index in [0.29, 0.717) is 5.92 Å². The molecule has 2 aromatic rings. The molecular formula is C13H15ClN6. The molecule has 0 bridgehead atoms. The quantitative estimate of drug-likeness (QED) is 0.838. The number of hydrogen-bond acceptors (Lipinski definition) is 6. The molecule has 2 aromatic heterocycles. The molecule has 1 unspecified atom stereocenters. The molecule has 0 amide bonds. The molecule has 3 rings (SSSR count). The number of anilines is 1. The Bertz CT molecular complexity index is 597. The van der Waals surface area contributed by atoms with E-state index in [4.69, 9.17) is 11.6 Å². The molecule has 0 saturated carbocycles. The molecule has 1 saturated heterocycles. The first-order chi connectivity index (χ1) is 9.79. The van der Waals surface area contributed by atoms with E-state index in [1.54, 1.807) is 6.20 Å². The lowest BCUT2D eigenvalue weighted by Gasteiger charge is -2.17. The first kappa shape index (κ1) is 13.2. The average molecular weight is 291 g/mol. The maximum Gasteiger partial charge on any atom is 0.224 e. The van der Waals surface area contributed by atoms with Crippen LogP contribution in [0.2, 0.25) is 5.28 Å². The van der Waals surface area contributed by atoms with E-state index in [2.05, 4.69) is 30.6 Å². The molecule has 7 heteroatoms. The van der Waals surface area contributed by atoms with Crippen molar-refractivity contribution >= 4 is 17.4 Å². The summed E-state index contributed by atoms with van der Waals surface area (Å²) < 4.78 is 0. The van der Waals surface area contributed by atoms with Gasteiger partial charge in [-0.1, -0.05) is 0 Å². The molecule has 6 nitrogen and oxygen atoms in total. The smallest absolute Gasteiger partial charge is 0.224 e. The molecule has 0 spiro atoms. The van der Waals surface area contributed by atoms with Crippen molar-refractivity contribution in [3.63, 3.8) is 0 Å². The van der Waals surface area contributed by atoms with Gasteiger partial charge in [0.2, 0.25) is 5.28 Å². The first-order valence-corrected chi connectivity index (χ1v) is 6.89. The number of rotatable bonds is 3. The summed E-state index contributed by atoms with van der Waals surface area (Å²) in [6.45, 7) is 1.91. The van der Waals surface area contributed by atoms with Gasteiger partial charge in [0.15, 0.2) is 0 Å². The summed E-state index contributed by atoms with van der Waals surface area (Å²) in [6.07, 6.45) is 4.27. The summed E-state index contributed by atoms with van der Waals surface area (Å²) in [5.74, 6) is 1.13. The number of aromatic nitrogens is 4. The van der Waals surface area contributed by atoms with Crippen molar-refractivity contribution in [1.82, 2.24) is 25.3 Å². The summed E-state index contributed by atoms with van der Waals surface area (Å²) in [6, 6.07) is 1.84. The van der Waals surface area contributed by atoms with E-state index < -0.39 is 0 Å². The van der Waals surface area contributed by atoms with Gasteiger partial charge in [-0.2, -0.15) is 0 Å². The summed E-state index contributed by atoms with van der Waals surface area (Å²) >= 11 is 6.04. The Morgan fingerprint density at radius 2 is 2.30 bits per heavy atom. The zero-order valence-corrected chi connectivity index (χ0v) is 11.9. The largest absolute Gasteiger partial charge is 0.373 e. The Balaban J connectivity index is 2.18. The molecule has 3 heterocycles. The van der Waals surface area contributed by atoms with Gasteiger partial charge < -0.3 is 10.6 Å². The molecule has 0 radical (unpaired) electrons. The van der Waals surface area contributed by atoms with Crippen molar-refractivity contribution < 1.29 is 0 Å². The van der Waals surface area contributed by atoms with Crippen LogP contribution in [0.25, 0.3) is 11.4 Å². The van der Waals surface area contributed by atoms with Gasteiger partial charge in [-0.25, -0.2) is 19.9 Å². The third-order valence-electron chi connectivity index (χ3n) is 3.45. The summed E-state index contributed by atoms with van der Waals surface area (Å²) in [4.78, 5) is 16.9. The van der Waals surface area contributed by atoms with Crippen LogP contribution in [0.1, 0.15) is 17.9 Å². The normalized spacial score (nSPS) is 18.2. The van der Waals surface area contributed by atoms with Gasteiger partial charge in [0, 0.05) is 31.3 Å². The highest BCUT2D eigenvalue weighted by Gasteiger charge is 2.26. The Hall–Kier alpha value is -1.79. The topological polar surface area (TPSA) is 75.6 Å². The highest BCUT2D eigenvalue weighted by molar-refractivity contribution is 6.28. The predicted octanol–water partition coefficient (Wildman–Crippen LogP) is 1.71. The van der Waals surface area contributed by atoms with Crippen molar-refractivity contribution in [2.75, 3.05) is 25.5 Å². The molecule has 104 valence electrons. The van der Waals surface area contributed by atoms with Crippen molar-refractivity contribution in [3.8, 4) is 11.4 Å². The van der Waals surface area contributed by atoms with E-state index in [0.717, 1.165) is 42.3 Å². The SMILES string of the molecule is CNc1nc(Cl)nc(-c2ccncn2)c1C1CCNC1. The van der Waals surface area contributed by atoms with Crippen LogP contribution in [0.3, 0.4) is 0 Å². The number of halogens is 1. The molecule has 20 heavy (non-hydrogen) atoms. The number of nitrogens with zero attached hydrogens (tertiary/aromatic N) is 4. The van der Waals surface area contributed by atoms with Gasteiger partial charge >= 0.3 is 0 Å². The number of nitrogens with one attached hydrogen (secondary N) is 2. The van der Waals surface area contributed by atoms with Gasteiger partial charge in [0.05, 0.1) is 11.4 Å². The maximum absolute atomic E-state index is 6.04. The zero-order valence-electron chi connectivity index (χ0n) is 11.1. The standard InChI is InChI=1S/C13H15ClN6/c1-15-12-10(8-2-4-16-6-8)11(19-13(14)20-12)9-3-5-17-7-18-9/h3,5,7-8,16H,2,4,6H2,1H3,(H,15,19,20). The molecule has 2 N–H and O–H groups in total. The number of hydrogen-bond donors (Lipinski definition) is 2. The third-order valence-corrected chi connectivity index (χ3v) is 3.62. The van der Waals surface area contributed by atoms with Crippen LogP contribution in [0, 0.1) is 0 Å². The fraction of sp³-hybridized carbons (Fsp3) is 0.385. The molecule has 1 fully saturated rings. The van der Waals surface area contributed by atoms with Crippen molar-refractivity contribution in [1.29, 1.82) is 0 Å². The molecular weight excluding hydrogens is 276 g/mol. The van der Waals surface area contributed by atoms with Gasteiger partial charge in [-0.05, 0) is 30.6 Å². The predicted molar refractivity (Wildman–Crippen MR) is 77.8 cm³/mol. The average Bonchev–Trinajstić information content (AvgIpc) is 3.01. The summed E-state index contributed by atoms with van der Waals surface area (Å²) in [5.41, 5.74) is 2.62. The van der Waals surface area contributed by atoms with Gasteiger partial charge in [0.25, 0.3) is 0 Å². The second kappa shape index (κ2) is 5.68. The lowest BCUT2D eigenvalue weighted by Crippen LogP contribution is -2.12. The van der Waals surface area contributed by atoms with Gasteiger partial charge in [-0.15, -0.1) is 0 Å². The lowest BCUT2D eigenvalue weighted by molar-refractivity contribution is 0.756. The Morgan fingerprint density at radius 1 is 1.40 bits per heavy atom.